The van der Waals surface area contributed by atoms with Crippen LogP contribution < -0.4 is 10.1 Å². The predicted octanol–water partition coefficient (Wildman–Crippen LogP) is 3.91. The summed E-state index contributed by atoms with van der Waals surface area (Å²) < 4.78 is 79.2. The molecule has 0 bridgehead atoms. The zero-order valence-electron chi connectivity index (χ0n) is 12.5. The van der Waals surface area contributed by atoms with Crippen LogP contribution in [0.3, 0.4) is 0 Å². The van der Waals surface area contributed by atoms with E-state index in [0.29, 0.717) is 26.2 Å². The summed E-state index contributed by atoms with van der Waals surface area (Å²) in [5, 5.41) is 3.03. The lowest BCUT2D eigenvalue weighted by atomic mass is 10.0. The minimum Gasteiger partial charge on any atom is -0.406 e. The second kappa shape index (κ2) is 8.26. The van der Waals surface area contributed by atoms with Crippen molar-refractivity contribution in [3.8, 4) is 5.75 Å². The molecule has 1 atom stereocenters. The van der Waals surface area contributed by atoms with Gasteiger partial charge in [-0.3, -0.25) is 4.90 Å². The van der Waals surface area contributed by atoms with Crippen molar-refractivity contribution in [1.82, 2.24) is 10.2 Å². The molecule has 10 heteroatoms. The number of nitrogens with zero attached hydrogens (tertiary/aromatic N) is 1. The van der Waals surface area contributed by atoms with Crippen molar-refractivity contribution in [2.75, 3.05) is 26.2 Å². The van der Waals surface area contributed by atoms with Gasteiger partial charge in [0.25, 0.3) is 0 Å². The number of hydrogen-bond acceptors (Lipinski definition) is 3. The summed E-state index contributed by atoms with van der Waals surface area (Å²) in [6.45, 7) is 1.86. The molecule has 0 spiro atoms. The number of ether oxygens (including phenoxy) is 1. The van der Waals surface area contributed by atoms with Gasteiger partial charge in [-0.15, -0.1) is 25.6 Å². The summed E-state index contributed by atoms with van der Waals surface area (Å²) >= 11 is 0. The van der Waals surface area contributed by atoms with E-state index < -0.39 is 30.8 Å². The van der Waals surface area contributed by atoms with E-state index in [1.807, 2.05) is 0 Å². The highest BCUT2D eigenvalue weighted by molar-refractivity contribution is 5.85. The van der Waals surface area contributed by atoms with Crippen molar-refractivity contribution in [2.24, 2.45) is 0 Å². The van der Waals surface area contributed by atoms with E-state index in [1.165, 1.54) is 12.1 Å². The molecule has 138 valence electrons. The van der Waals surface area contributed by atoms with Crippen LogP contribution in [-0.4, -0.2) is 43.6 Å². The number of benzene rings is 1. The molecule has 1 saturated heterocycles. The maximum Gasteiger partial charge on any atom is 0.573 e. The van der Waals surface area contributed by atoms with Crippen molar-refractivity contribution in [3.63, 3.8) is 0 Å². The first-order chi connectivity index (χ1) is 10.6. The molecule has 0 amide bonds. The van der Waals surface area contributed by atoms with Gasteiger partial charge in [0.2, 0.25) is 0 Å². The third-order valence-corrected chi connectivity index (χ3v) is 3.49. The molecule has 1 aromatic carbocycles. The average Bonchev–Trinajstić information content (AvgIpc) is 2.43. The van der Waals surface area contributed by atoms with Gasteiger partial charge in [0.05, 0.1) is 6.42 Å². The molecule has 1 N–H and O–H groups in total. The van der Waals surface area contributed by atoms with Crippen LogP contribution >= 0.6 is 12.4 Å². The minimum atomic E-state index is -4.88. The lowest BCUT2D eigenvalue weighted by Gasteiger charge is -2.35. The Hall–Kier alpha value is -1.19. The molecule has 24 heavy (non-hydrogen) atoms. The number of rotatable bonds is 4. The molecular weight excluding hydrogens is 362 g/mol. The predicted molar refractivity (Wildman–Crippen MR) is 78.2 cm³/mol. The minimum absolute atomic E-state index is 0. The highest BCUT2D eigenvalue weighted by Gasteiger charge is 2.36. The van der Waals surface area contributed by atoms with Crippen molar-refractivity contribution in [1.29, 1.82) is 0 Å². The summed E-state index contributed by atoms with van der Waals surface area (Å²) in [7, 11) is 0. The molecule has 1 aliphatic rings. The van der Waals surface area contributed by atoms with Crippen LogP contribution in [0.5, 0.6) is 5.75 Å². The van der Waals surface area contributed by atoms with Crippen LogP contribution in [0.1, 0.15) is 18.0 Å². The van der Waals surface area contributed by atoms with E-state index in [1.54, 1.807) is 4.90 Å². The van der Waals surface area contributed by atoms with Crippen molar-refractivity contribution in [2.45, 2.75) is 25.0 Å². The number of alkyl halides is 6. The van der Waals surface area contributed by atoms with Gasteiger partial charge in [-0.25, -0.2) is 0 Å². The van der Waals surface area contributed by atoms with Crippen LogP contribution in [-0.2, 0) is 0 Å². The fraction of sp³-hybridized carbons (Fsp3) is 0.571. The van der Waals surface area contributed by atoms with Crippen LogP contribution in [0.4, 0.5) is 26.3 Å². The summed E-state index contributed by atoms with van der Waals surface area (Å²) in [5.74, 6) is -0.516. The molecule has 2 rings (SSSR count). The second-order valence-corrected chi connectivity index (χ2v) is 5.24. The Kier molecular flexibility index (Phi) is 7.18. The highest BCUT2D eigenvalue weighted by Crippen LogP contribution is 2.35. The fourth-order valence-electron chi connectivity index (χ4n) is 2.59. The van der Waals surface area contributed by atoms with E-state index >= 15 is 0 Å². The Balaban J connectivity index is 0.00000288. The van der Waals surface area contributed by atoms with Crippen molar-refractivity contribution in [3.05, 3.63) is 29.8 Å². The largest absolute Gasteiger partial charge is 0.573 e. The van der Waals surface area contributed by atoms with Gasteiger partial charge < -0.3 is 10.1 Å². The SMILES string of the molecule is Cl.FC(F)(F)C[C@@H](c1cccc(OC(F)(F)F)c1)N1CCNCC1. The number of hydrogen-bond donors (Lipinski definition) is 1. The van der Waals surface area contributed by atoms with Gasteiger partial charge in [-0.1, -0.05) is 12.1 Å². The normalized spacial score (nSPS) is 17.9. The van der Waals surface area contributed by atoms with Crippen LogP contribution in [0.2, 0.25) is 0 Å². The highest BCUT2D eigenvalue weighted by atomic mass is 35.5. The van der Waals surface area contributed by atoms with Gasteiger partial charge in [0.1, 0.15) is 5.75 Å². The molecule has 1 heterocycles. The van der Waals surface area contributed by atoms with Gasteiger partial charge in [-0.05, 0) is 17.7 Å². The first-order valence-electron chi connectivity index (χ1n) is 7.01. The Morgan fingerprint density at radius 2 is 1.71 bits per heavy atom. The zero-order chi connectivity index (χ0) is 17.1. The van der Waals surface area contributed by atoms with Gasteiger partial charge in [-0.2, -0.15) is 13.2 Å². The Morgan fingerprint density at radius 1 is 1.08 bits per heavy atom. The molecule has 0 aliphatic carbocycles. The maximum atomic E-state index is 12.9. The summed E-state index contributed by atoms with van der Waals surface area (Å²) in [6, 6.07) is 3.71. The first-order valence-corrected chi connectivity index (χ1v) is 7.01. The molecule has 1 aliphatic heterocycles. The molecule has 0 unspecified atom stereocenters. The lowest BCUT2D eigenvalue weighted by Crippen LogP contribution is -2.46. The van der Waals surface area contributed by atoms with E-state index in [0.717, 1.165) is 12.1 Å². The zero-order valence-corrected chi connectivity index (χ0v) is 13.3. The van der Waals surface area contributed by atoms with Gasteiger partial charge in [0, 0.05) is 32.2 Å². The summed E-state index contributed by atoms with van der Waals surface area (Å²) in [4.78, 5) is 1.62. The van der Waals surface area contributed by atoms with Crippen LogP contribution in [0.25, 0.3) is 0 Å². The number of nitrogens with one attached hydrogen (secondary N) is 1. The summed E-state index contributed by atoms with van der Waals surface area (Å²) in [5.41, 5.74) is 0.158. The molecule has 0 radical (unpaired) electrons. The fourth-order valence-corrected chi connectivity index (χ4v) is 2.59. The Bertz CT molecular complexity index is 517. The number of halogens is 7. The summed E-state index contributed by atoms with van der Waals surface area (Å²) in [6.07, 6.45) is -10.4. The van der Waals surface area contributed by atoms with Crippen molar-refractivity contribution >= 4 is 12.4 Å². The topological polar surface area (TPSA) is 24.5 Å². The van der Waals surface area contributed by atoms with Crippen molar-refractivity contribution < 1.29 is 31.1 Å². The standard InChI is InChI=1S/C14H16F6N2O.ClH/c15-13(16,17)9-12(22-6-4-21-5-7-22)10-2-1-3-11(8-10)23-14(18,19)20;/h1-3,8,12,21H,4-7,9H2;1H/t12-;/m0./s1. The molecule has 1 aromatic rings. The Labute approximate surface area is 141 Å². The van der Waals surface area contributed by atoms with Crippen LogP contribution in [0, 0.1) is 0 Å². The smallest absolute Gasteiger partial charge is 0.406 e. The molecule has 1 fully saturated rings. The maximum absolute atomic E-state index is 12.9. The molecule has 0 aromatic heterocycles. The average molecular weight is 379 g/mol. The second-order valence-electron chi connectivity index (χ2n) is 5.24. The van der Waals surface area contributed by atoms with E-state index in [2.05, 4.69) is 10.1 Å². The van der Waals surface area contributed by atoms with E-state index in [9.17, 15) is 26.3 Å². The van der Waals surface area contributed by atoms with Crippen LogP contribution in [0.15, 0.2) is 24.3 Å². The molecule has 0 saturated carbocycles. The van der Waals surface area contributed by atoms with E-state index in [4.69, 9.17) is 0 Å². The molecule has 3 nitrogen and oxygen atoms in total. The number of piperazine rings is 1. The third-order valence-electron chi connectivity index (χ3n) is 3.49. The van der Waals surface area contributed by atoms with E-state index in [-0.39, 0.29) is 18.0 Å². The monoisotopic (exact) mass is 378 g/mol. The quantitative estimate of drug-likeness (QED) is 0.804. The lowest BCUT2D eigenvalue weighted by molar-refractivity contribution is -0.274. The molecular formula is C14H17ClF6N2O. The van der Waals surface area contributed by atoms with Gasteiger partial charge >= 0.3 is 12.5 Å². The first kappa shape index (κ1) is 20.9. The Morgan fingerprint density at radius 3 is 2.25 bits per heavy atom. The van der Waals surface area contributed by atoms with Gasteiger partial charge in [0.15, 0.2) is 0 Å². The third kappa shape index (κ3) is 6.74.